The molecule has 2 saturated heterocycles. The minimum Gasteiger partial charge on any atom is -0.497 e. The number of hydrogen-bond acceptors (Lipinski definition) is 4. The van der Waals surface area contributed by atoms with Gasteiger partial charge in [-0.2, -0.15) is 0 Å². The number of amides is 4. The molecule has 1 aliphatic carbocycles. The molecule has 4 rings (SSSR count). The smallest absolute Gasteiger partial charge is 0.325 e. The van der Waals surface area contributed by atoms with Crippen molar-refractivity contribution in [1.29, 1.82) is 0 Å². The molecule has 1 aromatic rings. The van der Waals surface area contributed by atoms with E-state index in [9.17, 15) is 14.4 Å². The number of nitrogens with one attached hydrogen (secondary N) is 1. The van der Waals surface area contributed by atoms with Gasteiger partial charge < -0.3 is 15.0 Å². The third-order valence-electron chi connectivity index (χ3n) is 6.55. The fourth-order valence-corrected chi connectivity index (χ4v) is 4.60. The van der Waals surface area contributed by atoms with Crippen molar-refractivity contribution in [2.24, 2.45) is 5.92 Å². The molecular weight excluding hydrogens is 358 g/mol. The largest absolute Gasteiger partial charge is 0.497 e. The maximum absolute atomic E-state index is 13.1. The molecule has 7 heteroatoms. The normalized spacial score (nSPS) is 27.7. The quantitative estimate of drug-likeness (QED) is 0.789. The summed E-state index contributed by atoms with van der Waals surface area (Å²) in [5.74, 6) is 0.735. The van der Waals surface area contributed by atoms with Crippen LogP contribution in [0.5, 0.6) is 5.75 Å². The van der Waals surface area contributed by atoms with E-state index in [1.807, 2.05) is 4.90 Å². The van der Waals surface area contributed by atoms with Crippen LogP contribution in [0, 0.1) is 5.92 Å². The molecule has 1 N–H and O–H groups in total. The van der Waals surface area contributed by atoms with Crippen LogP contribution in [-0.4, -0.2) is 53.9 Å². The van der Waals surface area contributed by atoms with E-state index >= 15 is 0 Å². The van der Waals surface area contributed by atoms with E-state index in [-0.39, 0.29) is 18.5 Å². The number of carbonyl (C=O) groups is 3. The van der Waals surface area contributed by atoms with Crippen molar-refractivity contribution in [3.05, 3.63) is 29.8 Å². The highest BCUT2D eigenvalue weighted by molar-refractivity contribution is 6.09. The molecule has 2 heterocycles. The van der Waals surface area contributed by atoms with E-state index in [1.54, 1.807) is 38.3 Å². The molecule has 0 unspecified atom stereocenters. The second-order valence-electron chi connectivity index (χ2n) is 8.16. The van der Waals surface area contributed by atoms with Gasteiger partial charge in [-0.15, -0.1) is 0 Å². The van der Waals surface area contributed by atoms with E-state index < -0.39 is 17.5 Å². The minimum absolute atomic E-state index is 0.128. The van der Waals surface area contributed by atoms with Crippen molar-refractivity contribution in [1.82, 2.24) is 15.1 Å². The molecule has 2 atom stereocenters. The predicted molar refractivity (Wildman–Crippen MR) is 103 cm³/mol. The first-order chi connectivity index (χ1) is 13.4. The van der Waals surface area contributed by atoms with Gasteiger partial charge in [-0.05, 0) is 56.2 Å². The van der Waals surface area contributed by atoms with Gasteiger partial charge in [0, 0.05) is 12.6 Å². The zero-order valence-electron chi connectivity index (χ0n) is 16.4. The molecule has 2 aliphatic heterocycles. The molecule has 3 aliphatic rings. The monoisotopic (exact) mass is 385 g/mol. The summed E-state index contributed by atoms with van der Waals surface area (Å²) >= 11 is 0. The number of carbonyl (C=O) groups excluding carboxylic acids is 3. The topological polar surface area (TPSA) is 79.0 Å². The van der Waals surface area contributed by atoms with Crippen LogP contribution in [0.4, 0.5) is 4.79 Å². The Hall–Kier alpha value is -2.57. The second-order valence-corrected chi connectivity index (χ2v) is 8.16. The lowest BCUT2D eigenvalue weighted by Crippen LogP contribution is -2.48. The van der Waals surface area contributed by atoms with E-state index in [0.29, 0.717) is 17.2 Å². The Morgan fingerprint density at radius 1 is 1.18 bits per heavy atom. The zero-order valence-corrected chi connectivity index (χ0v) is 16.4. The maximum Gasteiger partial charge on any atom is 0.325 e. The number of imide groups is 1. The molecule has 3 fully saturated rings. The summed E-state index contributed by atoms with van der Waals surface area (Å²) in [5.41, 5.74) is -0.516. The average molecular weight is 385 g/mol. The number of likely N-dealkylation sites (tertiary alicyclic amines) is 1. The van der Waals surface area contributed by atoms with Crippen LogP contribution in [0.1, 0.15) is 44.6 Å². The molecule has 1 aromatic carbocycles. The number of nitrogens with zero attached hydrogens (tertiary/aromatic N) is 2. The summed E-state index contributed by atoms with van der Waals surface area (Å²) in [5, 5.41) is 2.76. The molecule has 0 radical (unpaired) electrons. The van der Waals surface area contributed by atoms with Gasteiger partial charge in [-0.3, -0.25) is 14.5 Å². The molecule has 4 amide bonds. The Morgan fingerprint density at radius 3 is 2.50 bits per heavy atom. The van der Waals surface area contributed by atoms with Gasteiger partial charge in [0.2, 0.25) is 5.91 Å². The molecular formula is C21H27N3O4. The number of ether oxygens (including phenoxy) is 1. The van der Waals surface area contributed by atoms with Gasteiger partial charge in [-0.25, -0.2) is 4.79 Å². The van der Waals surface area contributed by atoms with E-state index in [2.05, 4.69) is 5.32 Å². The van der Waals surface area contributed by atoms with Gasteiger partial charge in [-0.1, -0.05) is 18.6 Å². The Balaban J connectivity index is 1.48. The molecule has 0 bridgehead atoms. The predicted octanol–water partition coefficient (Wildman–Crippen LogP) is 2.25. The Morgan fingerprint density at radius 2 is 1.89 bits per heavy atom. The Bertz CT molecular complexity index is 789. The highest BCUT2D eigenvalue weighted by Crippen LogP contribution is 2.37. The van der Waals surface area contributed by atoms with Crippen LogP contribution < -0.4 is 10.1 Å². The van der Waals surface area contributed by atoms with Crippen LogP contribution >= 0.6 is 0 Å². The van der Waals surface area contributed by atoms with Gasteiger partial charge in [0.25, 0.3) is 5.91 Å². The second kappa shape index (κ2) is 7.11. The fraction of sp³-hybridized carbons (Fsp3) is 0.571. The molecule has 7 nitrogen and oxygen atoms in total. The Kier molecular flexibility index (Phi) is 4.77. The highest BCUT2D eigenvalue weighted by atomic mass is 16.5. The lowest BCUT2D eigenvalue weighted by Gasteiger charge is -2.37. The van der Waals surface area contributed by atoms with Gasteiger partial charge in [0.15, 0.2) is 0 Å². The van der Waals surface area contributed by atoms with Crippen LogP contribution in [-0.2, 0) is 15.1 Å². The first kappa shape index (κ1) is 18.8. The molecule has 1 saturated carbocycles. The van der Waals surface area contributed by atoms with E-state index in [4.69, 9.17) is 4.74 Å². The lowest BCUT2D eigenvalue weighted by atomic mass is 9.79. The fourth-order valence-electron chi connectivity index (χ4n) is 4.60. The summed E-state index contributed by atoms with van der Waals surface area (Å²) in [6, 6.07) is 6.78. The summed E-state index contributed by atoms with van der Waals surface area (Å²) < 4.78 is 5.15. The first-order valence-electron chi connectivity index (χ1n) is 10.0. The highest BCUT2D eigenvalue weighted by Gasteiger charge is 2.50. The van der Waals surface area contributed by atoms with Crippen molar-refractivity contribution in [2.75, 3.05) is 20.2 Å². The number of methoxy groups -OCH3 is 1. The van der Waals surface area contributed by atoms with Crippen molar-refractivity contribution in [3.63, 3.8) is 0 Å². The summed E-state index contributed by atoms with van der Waals surface area (Å²) in [4.78, 5) is 41.5. The summed E-state index contributed by atoms with van der Waals surface area (Å²) in [6.45, 7) is 2.20. The maximum atomic E-state index is 13.1. The molecule has 28 heavy (non-hydrogen) atoms. The van der Waals surface area contributed by atoms with E-state index in [1.165, 1.54) is 19.3 Å². The average Bonchev–Trinajstić information content (AvgIpc) is 3.20. The third kappa shape index (κ3) is 3.02. The number of benzene rings is 1. The lowest BCUT2D eigenvalue weighted by molar-refractivity contribution is -0.140. The standard InChI is InChI=1S/C21H27N3O4/c1-21(15-8-10-16(28-2)11-9-15)19(26)24(20(27)22-21)13-18(25)23-12-4-7-17(23)14-5-3-6-14/h8-11,14,17H,3-7,12-13H2,1-2H3,(H,22,27)/t17-,21+/m0/s1. The van der Waals surface area contributed by atoms with Crippen LogP contribution in [0.3, 0.4) is 0 Å². The van der Waals surface area contributed by atoms with Crippen molar-refractivity contribution >= 4 is 17.8 Å². The number of urea groups is 1. The Labute approximate surface area is 165 Å². The van der Waals surface area contributed by atoms with Crippen molar-refractivity contribution < 1.29 is 19.1 Å². The van der Waals surface area contributed by atoms with Crippen molar-refractivity contribution in [3.8, 4) is 5.75 Å². The van der Waals surface area contributed by atoms with Gasteiger partial charge in [0.05, 0.1) is 7.11 Å². The third-order valence-corrected chi connectivity index (χ3v) is 6.55. The van der Waals surface area contributed by atoms with Crippen LogP contribution in [0.25, 0.3) is 0 Å². The first-order valence-corrected chi connectivity index (χ1v) is 10.0. The summed E-state index contributed by atoms with van der Waals surface area (Å²) in [7, 11) is 1.57. The molecule has 0 spiro atoms. The van der Waals surface area contributed by atoms with Gasteiger partial charge >= 0.3 is 6.03 Å². The zero-order chi connectivity index (χ0) is 19.9. The van der Waals surface area contributed by atoms with Crippen LogP contribution in [0.2, 0.25) is 0 Å². The van der Waals surface area contributed by atoms with Gasteiger partial charge in [0.1, 0.15) is 17.8 Å². The SMILES string of the molecule is COc1ccc([C@@]2(C)NC(=O)N(CC(=O)N3CCC[C@H]3C3CCC3)C2=O)cc1. The van der Waals surface area contributed by atoms with Crippen molar-refractivity contribution in [2.45, 2.75) is 50.6 Å². The van der Waals surface area contributed by atoms with E-state index in [0.717, 1.165) is 24.3 Å². The molecule has 150 valence electrons. The summed E-state index contributed by atoms with van der Waals surface area (Å²) in [6.07, 6.45) is 5.60. The van der Waals surface area contributed by atoms with Crippen LogP contribution in [0.15, 0.2) is 24.3 Å². The number of hydrogen-bond donors (Lipinski definition) is 1. The molecule has 0 aromatic heterocycles. The number of rotatable bonds is 5. The minimum atomic E-state index is -1.18.